The zero-order valence-corrected chi connectivity index (χ0v) is 14.7. The van der Waals surface area contributed by atoms with Gasteiger partial charge in [-0.3, -0.25) is 4.79 Å². The zero-order chi connectivity index (χ0) is 17.3. The molecule has 3 nitrogen and oxygen atoms in total. The van der Waals surface area contributed by atoms with Crippen molar-refractivity contribution in [3.8, 4) is 0 Å². The molecule has 0 bridgehead atoms. The number of carboxylic acid groups (broad SMARTS) is 1. The van der Waals surface area contributed by atoms with Gasteiger partial charge in [0.05, 0.1) is 0 Å². The van der Waals surface area contributed by atoms with Crippen molar-refractivity contribution in [3.63, 3.8) is 0 Å². The van der Waals surface area contributed by atoms with Crippen molar-refractivity contribution in [1.29, 1.82) is 0 Å². The van der Waals surface area contributed by atoms with Crippen LogP contribution in [0.3, 0.4) is 0 Å². The molecule has 0 heterocycles. The number of fused-ring (bicyclic) bond motifs is 1. The van der Waals surface area contributed by atoms with Crippen LogP contribution in [-0.4, -0.2) is 17.4 Å². The van der Waals surface area contributed by atoms with E-state index in [1.54, 1.807) is 0 Å². The average molecular weight is 318 g/mol. The third-order valence-corrected chi connectivity index (χ3v) is 6.98. The number of aldehydes is 1. The van der Waals surface area contributed by atoms with Crippen molar-refractivity contribution in [1.82, 2.24) is 0 Å². The second-order valence-corrected chi connectivity index (χ2v) is 8.09. The molecule has 1 unspecified atom stereocenters. The number of hydrogen-bond donors (Lipinski definition) is 1. The molecule has 0 aromatic carbocycles. The summed E-state index contributed by atoms with van der Waals surface area (Å²) in [5.74, 6) is 0.131. The summed E-state index contributed by atoms with van der Waals surface area (Å²) in [4.78, 5) is 22.0. The van der Waals surface area contributed by atoms with Crippen molar-refractivity contribution in [2.24, 2.45) is 22.7 Å². The van der Waals surface area contributed by atoms with Crippen LogP contribution in [-0.2, 0) is 9.59 Å². The summed E-state index contributed by atoms with van der Waals surface area (Å²) >= 11 is 0. The number of aliphatic carboxylic acids is 1. The van der Waals surface area contributed by atoms with E-state index in [9.17, 15) is 9.59 Å². The molecule has 4 atom stereocenters. The fraction of sp³-hybridized carbons (Fsp3) is 0.700. The van der Waals surface area contributed by atoms with Gasteiger partial charge in [0.15, 0.2) is 0 Å². The van der Waals surface area contributed by atoms with Gasteiger partial charge in [-0.2, -0.15) is 0 Å². The fourth-order valence-corrected chi connectivity index (χ4v) is 5.13. The monoisotopic (exact) mass is 318 g/mol. The van der Waals surface area contributed by atoms with Crippen LogP contribution in [0.15, 0.2) is 23.8 Å². The third kappa shape index (κ3) is 3.29. The molecule has 2 fully saturated rings. The van der Waals surface area contributed by atoms with Gasteiger partial charge in [-0.15, -0.1) is 0 Å². The summed E-state index contributed by atoms with van der Waals surface area (Å²) in [7, 11) is 0. The minimum atomic E-state index is -1.04. The number of allylic oxidation sites excluding steroid dienone is 2. The van der Waals surface area contributed by atoms with Gasteiger partial charge < -0.3 is 5.11 Å². The molecule has 1 N–H and O–H groups in total. The number of rotatable bonds is 5. The van der Waals surface area contributed by atoms with E-state index >= 15 is 0 Å². The van der Waals surface area contributed by atoms with Crippen LogP contribution in [0, 0.1) is 22.7 Å². The average Bonchev–Trinajstić information content (AvgIpc) is 2.50. The number of hydrogen-bond acceptors (Lipinski definition) is 2. The molecule has 0 spiro atoms. The van der Waals surface area contributed by atoms with Gasteiger partial charge in [-0.05, 0) is 73.2 Å². The molecular formula is C20H30O3. The standard InChI is InChI=1S/C20H30O3/c1-14-6-5-7-17-19(14,3)10-8-15(2)20(17,4)11-9-16(13-21)12-18(22)23/h12-13,15,17H,1,5-11H2,2-4H3,(H,22,23)/b16-12+/t15-,17?,19+,20+/m1/s1. The van der Waals surface area contributed by atoms with Crippen LogP contribution < -0.4 is 0 Å². The van der Waals surface area contributed by atoms with Crippen LogP contribution in [0.5, 0.6) is 0 Å². The Morgan fingerprint density at radius 3 is 2.70 bits per heavy atom. The summed E-state index contributed by atoms with van der Waals surface area (Å²) < 4.78 is 0. The first-order chi connectivity index (χ1) is 10.7. The van der Waals surface area contributed by atoms with Gasteiger partial charge in [0.1, 0.15) is 6.29 Å². The van der Waals surface area contributed by atoms with Crippen molar-refractivity contribution in [2.45, 2.75) is 65.7 Å². The molecule has 2 aliphatic carbocycles. The molecule has 0 radical (unpaired) electrons. The maximum atomic E-state index is 11.2. The summed E-state index contributed by atoms with van der Waals surface area (Å²) in [6.07, 6.45) is 9.13. The van der Waals surface area contributed by atoms with E-state index in [0.717, 1.165) is 18.9 Å². The highest BCUT2D eigenvalue weighted by atomic mass is 16.4. The van der Waals surface area contributed by atoms with Gasteiger partial charge in [0.2, 0.25) is 0 Å². The topological polar surface area (TPSA) is 54.4 Å². The number of carboxylic acids is 1. The molecule has 23 heavy (non-hydrogen) atoms. The second kappa shape index (κ2) is 6.62. The van der Waals surface area contributed by atoms with Gasteiger partial charge in [0.25, 0.3) is 0 Å². The fourth-order valence-electron chi connectivity index (χ4n) is 5.13. The molecule has 0 saturated heterocycles. The first kappa shape index (κ1) is 18.0. The highest BCUT2D eigenvalue weighted by molar-refractivity contribution is 5.88. The zero-order valence-electron chi connectivity index (χ0n) is 14.7. The molecule has 0 aliphatic heterocycles. The SMILES string of the molecule is C=C1CCCC2[C@@]1(C)CC[C@@H](C)[C@]2(C)CC/C(C=O)=C\C(=O)O. The lowest BCUT2D eigenvalue weighted by Gasteiger charge is -2.59. The summed E-state index contributed by atoms with van der Waals surface area (Å²) in [5.41, 5.74) is 2.13. The lowest BCUT2D eigenvalue weighted by atomic mass is 9.46. The lowest BCUT2D eigenvalue weighted by molar-refractivity contribution is -0.131. The maximum Gasteiger partial charge on any atom is 0.328 e. The van der Waals surface area contributed by atoms with Crippen LogP contribution in [0.1, 0.15) is 65.7 Å². The van der Waals surface area contributed by atoms with E-state index in [2.05, 4.69) is 27.4 Å². The number of carbonyl (C=O) groups excluding carboxylic acids is 1. The third-order valence-electron chi connectivity index (χ3n) is 6.98. The van der Waals surface area contributed by atoms with Gasteiger partial charge in [-0.25, -0.2) is 4.79 Å². The summed E-state index contributed by atoms with van der Waals surface area (Å²) in [6.45, 7) is 11.4. The molecular weight excluding hydrogens is 288 g/mol. The highest BCUT2D eigenvalue weighted by Crippen LogP contribution is 2.62. The molecule has 3 heteroatoms. The normalized spacial score (nSPS) is 38.0. The van der Waals surface area contributed by atoms with Crippen LogP contribution in [0.25, 0.3) is 0 Å². The summed E-state index contributed by atoms with van der Waals surface area (Å²) in [5, 5.41) is 8.88. The predicted molar refractivity (Wildman–Crippen MR) is 92.1 cm³/mol. The Balaban J connectivity index is 2.24. The van der Waals surface area contributed by atoms with E-state index in [4.69, 9.17) is 5.11 Å². The largest absolute Gasteiger partial charge is 0.478 e. The van der Waals surface area contributed by atoms with Gasteiger partial charge in [0, 0.05) is 6.08 Å². The molecule has 2 aliphatic rings. The molecule has 0 aromatic rings. The van der Waals surface area contributed by atoms with Crippen molar-refractivity contribution in [2.75, 3.05) is 0 Å². The minimum absolute atomic E-state index is 0.136. The summed E-state index contributed by atoms with van der Waals surface area (Å²) in [6, 6.07) is 0. The number of carbonyl (C=O) groups is 2. The van der Waals surface area contributed by atoms with Gasteiger partial charge in [-0.1, -0.05) is 32.9 Å². The molecule has 0 aromatic heterocycles. The van der Waals surface area contributed by atoms with E-state index in [1.807, 2.05) is 0 Å². The Labute approximate surface area is 139 Å². The highest BCUT2D eigenvalue weighted by Gasteiger charge is 2.53. The Kier molecular flexibility index (Phi) is 5.17. The van der Waals surface area contributed by atoms with E-state index < -0.39 is 5.97 Å². The van der Waals surface area contributed by atoms with Crippen LogP contribution in [0.4, 0.5) is 0 Å². The van der Waals surface area contributed by atoms with Crippen LogP contribution >= 0.6 is 0 Å². The van der Waals surface area contributed by atoms with E-state index in [-0.39, 0.29) is 10.8 Å². The minimum Gasteiger partial charge on any atom is -0.478 e. The first-order valence-corrected chi connectivity index (χ1v) is 8.81. The van der Waals surface area contributed by atoms with E-state index in [1.165, 1.54) is 31.3 Å². The Morgan fingerprint density at radius 2 is 2.09 bits per heavy atom. The van der Waals surface area contributed by atoms with Crippen molar-refractivity contribution < 1.29 is 14.7 Å². The van der Waals surface area contributed by atoms with E-state index in [0.29, 0.717) is 30.1 Å². The first-order valence-electron chi connectivity index (χ1n) is 8.81. The molecule has 2 saturated carbocycles. The maximum absolute atomic E-state index is 11.2. The molecule has 0 amide bonds. The van der Waals surface area contributed by atoms with Gasteiger partial charge >= 0.3 is 5.97 Å². The molecule has 128 valence electrons. The lowest BCUT2D eigenvalue weighted by Crippen LogP contribution is -2.50. The Bertz CT molecular complexity index is 533. The Morgan fingerprint density at radius 1 is 1.39 bits per heavy atom. The van der Waals surface area contributed by atoms with Crippen LogP contribution in [0.2, 0.25) is 0 Å². The quantitative estimate of drug-likeness (QED) is 0.451. The Hall–Kier alpha value is -1.38. The second-order valence-electron chi connectivity index (χ2n) is 8.09. The molecule has 2 rings (SSSR count). The smallest absolute Gasteiger partial charge is 0.328 e. The van der Waals surface area contributed by atoms with Crippen molar-refractivity contribution in [3.05, 3.63) is 23.8 Å². The predicted octanol–water partition coefficient (Wildman–Crippen LogP) is 4.78. The van der Waals surface area contributed by atoms with Crippen molar-refractivity contribution >= 4 is 12.3 Å².